The Kier molecular flexibility index (Phi) is 5.46. The van der Waals surface area contributed by atoms with Crippen molar-refractivity contribution in [2.24, 2.45) is 0 Å². The molecule has 0 radical (unpaired) electrons. The molecule has 0 atom stereocenters. The van der Waals surface area contributed by atoms with Crippen molar-refractivity contribution in [3.63, 3.8) is 0 Å². The van der Waals surface area contributed by atoms with Gasteiger partial charge in [0.05, 0.1) is 17.1 Å². The smallest absolute Gasteiger partial charge is 0.261 e. The highest BCUT2D eigenvalue weighted by Gasteiger charge is 2.18. The summed E-state index contributed by atoms with van der Waals surface area (Å²) >= 11 is 0. The number of hydrogen-bond donors (Lipinski definition) is 0. The first kappa shape index (κ1) is 17.3. The van der Waals surface area contributed by atoms with Crippen LogP contribution in [0.4, 0.5) is 0 Å². The van der Waals surface area contributed by atoms with Gasteiger partial charge < -0.3 is 9.47 Å². The molecule has 0 aromatic heterocycles. The minimum absolute atomic E-state index is 0.0961. The Bertz CT molecular complexity index is 556. The fourth-order valence-electron chi connectivity index (χ4n) is 1.78. The Morgan fingerprint density at radius 1 is 1.20 bits per heavy atom. The Morgan fingerprint density at radius 3 is 2.10 bits per heavy atom. The monoisotopic (exact) mass is 320 g/mol. The Labute approximate surface area is 125 Å². The van der Waals surface area contributed by atoms with Crippen molar-refractivity contribution < 1.29 is 17.9 Å². The van der Waals surface area contributed by atoms with Gasteiger partial charge in [0.2, 0.25) is 0 Å². The molecule has 0 bridgehead atoms. The molecule has 1 aromatic carbocycles. The molecule has 0 saturated heterocycles. The minimum atomic E-state index is -3.72. The van der Waals surface area contributed by atoms with Crippen molar-refractivity contribution in [3.8, 4) is 5.75 Å². The van der Waals surface area contributed by atoms with Crippen LogP contribution in [0.3, 0.4) is 0 Å². The molecule has 6 heteroatoms. The van der Waals surface area contributed by atoms with Crippen molar-refractivity contribution in [2.45, 2.75) is 44.6 Å². The van der Waals surface area contributed by atoms with Crippen LogP contribution >= 0.6 is 10.7 Å². The summed E-state index contributed by atoms with van der Waals surface area (Å²) in [6, 6.07) is 3.04. The van der Waals surface area contributed by atoms with Gasteiger partial charge in [-0.1, -0.05) is 0 Å². The fourth-order valence-corrected chi connectivity index (χ4v) is 2.68. The van der Waals surface area contributed by atoms with Crippen LogP contribution in [0.1, 0.15) is 31.4 Å². The van der Waals surface area contributed by atoms with Crippen LogP contribution in [0.2, 0.25) is 0 Å². The Hall–Kier alpha value is -0.780. The summed E-state index contributed by atoms with van der Waals surface area (Å²) in [4.78, 5) is 0.0961. The lowest BCUT2D eigenvalue weighted by Gasteiger charge is -2.23. The molecule has 1 aromatic rings. The SMILES string of the molecule is COC(C)(C)CCOc1c(C)cc(S(=O)(=O)Cl)cc1C. The van der Waals surface area contributed by atoms with Gasteiger partial charge in [-0.25, -0.2) is 8.42 Å². The molecule has 0 N–H and O–H groups in total. The third kappa shape index (κ3) is 4.65. The van der Waals surface area contributed by atoms with E-state index in [-0.39, 0.29) is 10.5 Å². The standard InChI is InChI=1S/C14H21ClO4S/c1-10-8-12(20(15,16)17)9-11(2)13(10)19-7-6-14(3,4)18-5/h8-9H,6-7H2,1-5H3. The van der Waals surface area contributed by atoms with Gasteiger partial charge in [0, 0.05) is 24.2 Å². The molecule has 0 aliphatic heterocycles. The Balaban J connectivity index is 2.88. The van der Waals surface area contributed by atoms with Gasteiger partial charge >= 0.3 is 0 Å². The largest absolute Gasteiger partial charge is 0.493 e. The predicted molar refractivity (Wildman–Crippen MR) is 80.2 cm³/mol. The van der Waals surface area contributed by atoms with E-state index in [2.05, 4.69) is 0 Å². The Morgan fingerprint density at radius 2 is 1.70 bits per heavy atom. The zero-order valence-electron chi connectivity index (χ0n) is 12.5. The predicted octanol–water partition coefficient (Wildman–Crippen LogP) is 3.42. The quantitative estimate of drug-likeness (QED) is 0.754. The van der Waals surface area contributed by atoms with E-state index in [1.807, 2.05) is 13.8 Å². The van der Waals surface area contributed by atoms with E-state index < -0.39 is 9.05 Å². The first-order valence-electron chi connectivity index (χ1n) is 6.31. The minimum Gasteiger partial charge on any atom is -0.493 e. The number of hydrogen-bond acceptors (Lipinski definition) is 4. The van der Waals surface area contributed by atoms with Crippen molar-refractivity contribution in [3.05, 3.63) is 23.3 Å². The molecule has 0 fully saturated rings. The molecule has 0 saturated carbocycles. The van der Waals surface area contributed by atoms with Crippen molar-refractivity contribution in [2.75, 3.05) is 13.7 Å². The van der Waals surface area contributed by atoms with Crippen LogP contribution in [0, 0.1) is 13.8 Å². The summed E-state index contributed by atoms with van der Waals surface area (Å²) in [5.74, 6) is 0.695. The van der Waals surface area contributed by atoms with Gasteiger partial charge in [-0.05, 0) is 51.0 Å². The highest BCUT2D eigenvalue weighted by atomic mass is 35.7. The van der Waals surface area contributed by atoms with Crippen molar-refractivity contribution in [1.82, 2.24) is 0 Å². The second-order valence-electron chi connectivity index (χ2n) is 5.39. The van der Waals surface area contributed by atoms with Gasteiger partial charge in [0.25, 0.3) is 9.05 Å². The molecular formula is C14H21ClO4S. The van der Waals surface area contributed by atoms with Gasteiger partial charge in [0.15, 0.2) is 0 Å². The average molecular weight is 321 g/mol. The lowest BCUT2D eigenvalue weighted by atomic mass is 10.1. The summed E-state index contributed by atoms with van der Waals surface area (Å²) in [5, 5.41) is 0. The fraction of sp³-hybridized carbons (Fsp3) is 0.571. The maximum Gasteiger partial charge on any atom is 0.261 e. The number of benzene rings is 1. The van der Waals surface area contributed by atoms with E-state index in [0.717, 1.165) is 17.5 Å². The van der Waals surface area contributed by atoms with Crippen molar-refractivity contribution >= 4 is 19.7 Å². The molecule has 0 amide bonds. The zero-order chi connectivity index (χ0) is 15.6. The molecule has 4 nitrogen and oxygen atoms in total. The number of rotatable bonds is 6. The molecule has 0 unspecified atom stereocenters. The highest BCUT2D eigenvalue weighted by molar-refractivity contribution is 8.13. The number of halogens is 1. The lowest BCUT2D eigenvalue weighted by Crippen LogP contribution is -2.25. The van der Waals surface area contributed by atoms with Crippen LogP contribution in [0.15, 0.2) is 17.0 Å². The van der Waals surface area contributed by atoms with Gasteiger partial charge in [-0.3, -0.25) is 0 Å². The van der Waals surface area contributed by atoms with E-state index in [1.165, 1.54) is 12.1 Å². The van der Waals surface area contributed by atoms with E-state index in [4.69, 9.17) is 20.2 Å². The number of ether oxygens (including phenoxy) is 2. The van der Waals surface area contributed by atoms with Crippen LogP contribution in [0.25, 0.3) is 0 Å². The maximum absolute atomic E-state index is 11.3. The average Bonchev–Trinajstić information content (AvgIpc) is 2.31. The number of aryl methyl sites for hydroxylation is 2. The molecule has 0 heterocycles. The zero-order valence-corrected chi connectivity index (χ0v) is 14.1. The molecule has 0 aliphatic carbocycles. The third-order valence-electron chi connectivity index (χ3n) is 3.22. The van der Waals surface area contributed by atoms with E-state index in [9.17, 15) is 8.42 Å². The molecule has 0 spiro atoms. The van der Waals surface area contributed by atoms with Crippen LogP contribution < -0.4 is 4.74 Å². The third-order valence-corrected chi connectivity index (χ3v) is 4.55. The lowest BCUT2D eigenvalue weighted by molar-refractivity contribution is 0.00533. The van der Waals surface area contributed by atoms with Gasteiger partial charge in [0.1, 0.15) is 5.75 Å². The molecule has 20 heavy (non-hydrogen) atoms. The van der Waals surface area contributed by atoms with Crippen LogP contribution in [0.5, 0.6) is 5.75 Å². The summed E-state index contributed by atoms with van der Waals surface area (Å²) in [5.41, 5.74) is 1.25. The van der Waals surface area contributed by atoms with Crippen molar-refractivity contribution in [1.29, 1.82) is 0 Å². The summed E-state index contributed by atoms with van der Waals surface area (Å²) < 4.78 is 33.8. The van der Waals surface area contributed by atoms with Gasteiger partial charge in [-0.15, -0.1) is 0 Å². The normalized spacial score (nSPS) is 12.5. The molecule has 114 valence electrons. The number of methoxy groups -OCH3 is 1. The maximum atomic E-state index is 11.3. The second kappa shape index (κ2) is 6.33. The molecule has 0 aliphatic rings. The first-order chi connectivity index (χ1) is 9.07. The van der Waals surface area contributed by atoms with Crippen LogP contribution in [-0.4, -0.2) is 27.7 Å². The molecular weight excluding hydrogens is 300 g/mol. The summed E-state index contributed by atoms with van der Waals surface area (Å²) in [6.07, 6.45) is 0.734. The van der Waals surface area contributed by atoms with Gasteiger partial charge in [-0.2, -0.15) is 0 Å². The van der Waals surface area contributed by atoms with Crippen LogP contribution in [-0.2, 0) is 13.8 Å². The first-order valence-corrected chi connectivity index (χ1v) is 8.61. The summed E-state index contributed by atoms with van der Waals surface area (Å²) in [6.45, 7) is 8.07. The highest BCUT2D eigenvalue weighted by Crippen LogP contribution is 2.29. The van der Waals surface area contributed by atoms with E-state index in [0.29, 0.717) is 12.4 Å². The van der Waals surface area contributed by atoms with E-state index >= 15 is 0 Å². The topological polar surface area (TPSA) is 52.6 Å². The summed E-state index contributed by atoms with van der Waals surface area (Å²) in [7, 11) is 3.30. The second-order valence-corrected chi connectivity index (χ2v) is 7.95. The molecule has 1 rings (SSSR count). The van der Waals surface area contributed by atoms with E-state index in [1.54, 1.807) is 21.0 Å².